The second-order valence-electron chi connectivity index (χ2n) is 8.55. The van der Waals surface area contributed by atoms with Crippen LogP contribution in [-0.4, -0.2) is 28.8 Å². The number of nitrogens with zero attached hydrogens (tertiary/aromatic N) is 1. The zero-order valence-corrected chi connectivity index (χ0v) is 18.6. The number of carboxylic acids is 1. The van der Waals surface area contributed by atoms with Crippen LogP contribution in [0.2, 0.25) is 0 Å². The van der Waals surface area contributed by atoms with Gasteiger partial charge >= 0.3 is 5.97 Å². The molecule has 1 heterocycles. The summed E-state index contributed by atoms with van der Waals surface area (Å²) < 4.78 is 30.5. The average Bonchev–Trinajstić information content (AvgIpc) is 3.27. The number of carboxylic acid groups (broad SMARTS) is 1. The van der Waals surface area contributed by atoms with Crippen molar-refractivity contribution in [1.82, 2.24) is 4.98 Å². The Kier molecular flexibility index (Phi) is 7.52. The van der Waals surface area contributed by atoms with Crippen molar-refractivity contribution >= 4 is 5.97 Å². The zero-order valence-electron chi connectivity index (χ0n) is 18.6. The Labute approximate surface area is 192 Å². The van der Waals surface area contributed by atoms with Crippen LogP contribution < -0.4 is 0 Å². The maximum absolute atomic E-state index is 13.1. The minimum absolute atomic E-state index is 0.0895. The Morgan fingerprint density at radius 2 is 2.00 bits per heavy atom. The molecule has 0 bridgehead atoms. The summed E-state index contributed by atoms with van der Waals surface area (Å²) in [4.78, 5) is 16.0. The summed E-state index contributed by atoms with van der Waals surface area (Å²) in [6.07, 6.45) is 5.63. The SMILES string of the molecule is Cc1cccc(CO[C@@H]2CCCC(COCc3coc(-c4ccc(F)cc4)n3)C2)c1C(=O)O. The van der Waals surface area contributed by atoms with Gasteiger partial charge in [0.15, 0.2) is 0 Å². The number of oxazole rings is 1. The number of rotatable bonds is 9. The van der Waals surface area contributed by atoms with E-state index in [1.54, 1.807) is 31.4 Å². The summed E-state index contributed by atoms with van der Waals surface area (Å²) in [6.45, 7) is 3.05. The number of ether oxygens (including phenoxy) is 2. The summed E-state index contributed by atoms with van der Waals surface area (Å²) in [6, 6.07) is 11.5. The minimum atomic E-state index is -0.919. The largest absolute Gasteiger partial charge is 0.478 e. The van der Waals surface area contributed by atoms with E-state index in [1.807, 2.05) is 12.1 Å². The smallest absolute Gasteiger partial charge is 0.336 e. The van der Waals surface area contributed by atoms with Crippen molar-refractivity contribution in [2.24, 2.45) is 5.92 Å². The van der Waals surface area contributed by atoms with E-state index in [9.17, 15) is 14.3 Å². The number of aromatic nitrogens is 1. The third-order valence-corrected chi connectivity index (χ3v) is 6.03. The van der Waals surface area contributed by atoms with Crippen molar-refractivity contribution in [3.63, 3.8) is 0 Å². The summed E-state index contributed by atoms with van der Waals surface area (Å²) in [7, 11) is 0. The molecule has 0 amide bonds. The Morgan fingerprint density at radius 1 is 1.18 bits per heavy atom. The zero-order chi connectivity index (χ0) is 23.2. The summed E-state index contributed by atoms with van der Waals surface area (Å²) >= 11 is 0. The van der Waals surface area contributed by atoms with Gasteiger partial charge in [0.25, 0.3) is 0 Å². The number of aryl methyl sites for hydroxylation is 1. The lowest BCUT2D eigenvalue weighted by molar-refractivity contribution is -0.0182. The molecule has 1 saturated carbocycles. The van der Waals surface area contributed by atoms with E-state index in [1.165, 1.54) is 12.1 Å². The molecule has 0 saturated heterocycles. The number of halogens is 1. The maximum atomic E-state index is 13.1. The van der Waals surface area contributed by atoms with E-state index in [4.69, 9.17) is 13.9 Å². The van der Waals surface area contributed by atoms with Crippen molar-refractivity contribution in [3.05, 3.63) is 76.9 Å². The highest BCUT2D eigenvalue weighted by Crippen LogP contribution is 2.28. The Morgan fingerprint density at radius 3 is 2.79 bits per heavy atom. The standard InChI is InChI=1S/C26H28FNO5/c1-17-4-2-6-20(24(17)26(29)30)14-32-23-7-3-5-18(12-23)13-31-15-22-16-33-25(28-22)19-8-10-21(27)11-9-19/h2,4,6,8-11,16,18,23H,3,5,7,12-15H2,1H3,(H,29,30)/t18?,23-/m1/s1. The molecule has 1 fully saturated rings. The highest BCUT2D eigenvalue weighted by Gasteiger charge is 2.24. The lowest BCUT2D eigenvalue weighted by Crippen LogP contribution is -2.26. The third-order valence-electron chi connectivity index (χ3n) is 6.03. The fourth-order valence-electron chi connectivity index (χ4n) is 4.34. The second-order valence-corrected chi connectivity index (χ2v) is 8.55. The van der Waals surface area contributed by atoms with Gasteiger partial charge in [0.1, 0.15) is 17.8 Å². The van der Waals surface area contributed by atoms with Crippen LogP contribution in [0, 0.1) is 18.7 Å². The molecule has 174 valence electrons. The van der Waals surface area contributed by atoms with Gasteiger partial charge in [-0.1, -0.05) is 24.6 Å². The molecule has 3 aromatic rings. The van der Waals surface area contributed by atoms with Gasteiger partial charge in [0, 0.05) is 5.56 Å². The fraction of sp³-hybridized carbons (Fsp3) is 0.385. The van der Waals surface area contributed by atoms with Crippen LogP contribution in [0.25, 0.3) is 11.5 Å². The molecule has 7 heteroatoms. The molecule has 1 aromatic heterocycles. The Bertz CT molecular complexity index is 1080. The van der Waals surface area contributed by atoms with Gasteiger partial charge in [0.05, 0.1) is 31.5 Å². The van der Waals surface area contributed by atoms with E-state index in [-0.39, 0.29) is 11.9 Å². The number of hydrogen-bond donors (Lipinski definition) is 1. The predicted octanol–water partition coefficient (Wildman–Crippen LogP) is 5.78. The van der Waals surface area contributed by atoms with Crippen LogP contribution in [0.15, 0.2) is 53.1 Å². The van der Waals surface area contributed by atoms with Crippen LogP contribution in [0.4, 0.5) is 4.39 Å². The van der Waals surface area contributed by atoms with E-state index in [0.29, 0.717) is 48.5 Å². The average molecular weight is 454 g/mol. The lowest BCUT2D eigenvalue weighted by Gasteiger charge is -2.29. The molecule has 0 radical (unpaired) electrons. The summed E-state index contributed by atoms with van der Waals surface area (Å²) in [5.74, 6) is -0.401. The molecular weight excluding hydrogens is 425 g/mol. The first-order valence-corrected chi connectivity index (χ1v) is 11.2. The van der Waals surface area contributed by atoms with Crippen molar-refractivity contribution in [1.29, 1.82) is 0 Å². The molecule has 1 N–H and O–H groups in total. The number of hydrogen-bond acceptors (Lipinski definition) is 5. The first kappa shape index (κ1) is 23.1. The van der Waals surface area contributed by atoms with Gasteiger partial charge in [-0.15, -0.1) is 0 Å². The van der Waals surface area contributed by atoms with Crippen LogP contribution in [0.3, 0.4) is 0 Å². The highest BCUT2D eigenvalue weighted by molar-refractivity contribution is 5.91. The highest BCUT2D eigenvalue weighted by atomic mass is 19.1. The second kappa shape index (κ2) is 10.7. The predicted molar refractivity (Wildman–Crippen MR) is 120 cm³/mol. The molecule has 1 unspecified atom stereocenters. The molecule has 6 nitrogen and oxygen atoms in total. The summed E-state index contributed by atoms with van der Waals surface area (Å²) in [5.41, 5.74) is 3.20. The normalized spacial score (nSPS) is 18.4. The molecule has 2 atom stereocenters. The van der Waals surface area contributed by atoms with Crippen molar-refractivity contribution < 1.29 is 28.2 Å². The van der Waals surface area contributed by atoms with E-state index in [2.05, 4.69) is 4.98 Å². The van der Waals surface area contributed by atoms with Crippen LogP contribution in [0.5, 0.6) is 0 Å². The van der Waals surface area contributed by atoms with E-state index >= 15 is 0 Å². The van der Waals surface area contributed by atoms with Crippen molar-refractivity contribution in [2.75, 3.05) is 6.61 Å². The first-order chi connectivity index (χ1) is 16.0. The third kappa shape index (κ3) is 6.06. The van der Waals surface area contributed by atoms with Gasteiger partial charge in [-0.25, -0.2) is 14.2 Å². The van der Waals surface area contributed by atoms with Gasteiger partial charge < -0.3 is 19.0 Å². The molecule has 1 aliphatic rings. The topological polar surface area (TPSA) is 81.8 Å². The molecule has 1 aliphatic carbocycles. The number of carbonyl (C=O) groups is 1. The Hall–Kier alpha value is -3.03. The molecule has 4 rings (SSSR count). The van der Waals surface area contributed by atoms with Crippen LogP contribution >= 0.6 is 0 Å². The van der Waals surface area contributed by atoms with E-state index < -0.39 is 5.97 Å². The van der Waals surface area contributed by atoms with Gasteiger partial charge in [-0.3, -0.25) is 0 Å². The first-order valence-electron chi connectivity index (χ1n) is 11.2. The quantitative estimate of drug-likeness (QED) is 0.442. The van der Waals surface area contributed by atoms with Gasteiger partial charge in [0.2, 0.25) is 5.89 Å². The summed E-state index contributed by atoms with van der Waals surface area (Å²) in [5, 5.41) is 9.49. The van der Waals surface area contributed by atoms with Gasteiger partial charge in [-0.2, -0.15) is 0 Å². The number of aromatic carboxylic acids is 1. The van der Waals surface area contributed by atoms with Crippen LogP contribution in [0.1, 0.15) is 52.9 Å². The molecule has 0 aliphatic heterocycles. The van der Waals surface area contributed by atoms with Gasteiger partial charge in [-0.05, 0) is 67.5 Å². The monoisotopic (exact) mass is 453 g/mol. The fourth-order valence-corrected chi connectivity index (χ4v) is 4.34. The number of benzene rings is 2. The van der Waals surface area contributed by atoms with Crippen molar-refractivity contribution in [3.8, 4) is 11.5 Å². The molecule has 2 aromatic carbocycles. The van der Waals surface area contributed by atoms with E-state index in [0.717, 1.165) is 36.8 Å². The van der Waals surface area contributed by atoms with Crippen LogP contribution in [-0.2, 0) is 22.7 Å². The molecule has 0 spiro atoms. The van der Waals surface area contributed by atoms with Crippen molar-refractivity contribution in [2.45, 2.75) is 51.9 Å². The Balaban J connectivity index is 1.24. The molecular formula is C26H28FNO5. The maximum Gasteiger partial charge on any atom is 0.336 e. The molecule has 33 heavy (non-hydrogen) atoms. The lowest BCUT2D eigenvalue weighted by atomic mass is 9.87. The minimum Gasteiger partial charge on any atom is -0.478 e.